The smallest absolute Gasteiger partial charge is 0.339 e. The summed E-state index contributed by atoms with van der Waals surface area (Å²) < 4.78 is 9.51. The van der Waals surface area contributed by atoms with Crippen molar-refractivity contribution in [1.82, 2.24) is 19.9 Å². The number of H-pyrrole nitrogens is 1. The van der Waals surface area contributed by atoms with Crippen LogP contribution in [-0.4, -0.2) is 30.3 Å². The van der Waals surface area contributed by atoms with Crippen LogP contribution in [0.1, 0.15) is 16.7 Å². The number of aromatic nitrogens is 4. The van der Waals surface area contributed by atoms with Crippen LogP contribution in [0, 0.1) is 34.0 Å². The van der Waals surface area contributed by atoms with Crippen LogP contribution in [0.3, 0.4) is 0 Å². The van der Waals surface area contributed by atoms with Crippen LogP contribution >= 0.6 is 50.5 Å². The number of benzene rings is 3. The first-order valence-corrected chi connectivity index (χ1v) is 16.6. The van der Waals surface area contributed by atoms with Crippen molar-refractivity contribution in [3.63, 3.8) is 0 Å². The number of halogens is 4. The number of aliphatic hydroxyl groups is 1. The van der Waals surface area contributed by atoms with Crippen LogP contribution in [0.2, 0.25) is 5.15 Å². The number of nitrogens with one attached hydrogen (secondary N) is 1. The van der Waals surface area contributed by atoms with Crippen molar-refractivity contribution in [3.8, 4) is 18.2 Å². The highest BCUT2D eigenvalue weighted by Crippen LogP contribution is 2.61. The number of nitrogen functional groups attached to an aromatic ring is 2. The molecule has 19 heteroatoms. The van der Waals surface area contributed by atoms with Gasteiger partial charge in [0, 0.05) is 0 Å². The Morgan fingerprint density at radius 1 is 0.826 bits per heavy atom. The number of aromatic amines is 1. The molecule has 0 saturated heterocycles. The Labute approximate surface area is 279 Å². The van der Waals surface area contributed by atoms with Gasteiger partial charge in [-0.2, -0.15) is 15.8 Å². The number of fused-ring (bicyclic) bond motifs is 2. The molecule has 0 radical (unpaired) electrons. The largest absolute Gasteiger partial charge is 0.512 e. The fourth-order valence-corrected chi connectivity index (χ4v) is 2.98. The van der Waals surface area contributed by atoms with Crippen LogP contribution in [-0.2, 0) is 9.45 Å². The van der Waals surface area contributed by atoms with Gasteiger partial charge in [-0.15, -0.1) is 0 Å². The predicted molar refractivity (Wildman–Crippen MR) is 177 cm³/mol. The summed E-state index contributed by atoms with van der Waals surface area (Å²) in [5, 5.41) is 37.7. The average molecular weight is 723 g/mol. The first kappa shape index (κ1) is 38.9. The van der Waals surface area contributed by atoms with E-state index in [1.807, 2.05) is 18.2 Å². The van der Waals surface area contributed by atoms with E-state index < -0.39 is 5.20 Å². The number of nitriles is 3. The number of nitrogens with two attached hydrogens (primary N) is 2. The lowest BCUT2D eigenvalue weighted by Gasteiger charge is -1.97. The van der Waals surface area contributed by atoms with Gasteiger partial charge in [0.1, 0.15) is 11.4 Å². The Balaban J connectivity index is 0.000000304. The molecule has 5 rings (SSSR count). The van der Waals surface area contributed by atoms with E-state index in [1.54, 1.807) is 54.6 Å². The SMILES string of the molecule is N#Cc1ccc(N)c(N)c1.N#Cc1ccc2[nH]c(=O)cnc2c1.N#Cc1ccc2nc(Cl)cnc2c1.O/C=C/OO.O=P(Cl)(Cl)Cl. The third kappa shape index (κ3) is 15.6. The highest BCUT2D eigenvalue weighted by molar-refractivity contribution is 8.24. The van der Waals surface area contributed by atoms with E-state index in [2.05, 4.69) is 58.5 Å². The third-order valence-electron chi connectivity index (χ3n) is 4.69. The van der Waals surface area contributed by atoms with Crippen molar-refractivity contribution in [2.45, 2.75) is 0 Å². The Morgan fingerprint density at radius 2 is 1.35 bits per heavy atom. The Morgan fingerprint density at radius 3 is 1.87 bits per heavy atom. The highest BCUT2D eigenvalue weighted by atomic mass is 36.0. The molecule has 0 fully saturated rings. The molecule has 0 unspecified atom stereocenters. The van der Waals surface area contributed by atoms with Crippen LogP contribution in [0.4, 0.5) is 11.4 Å². The van der Waals surface area contributed by atoms with Gasteiger partial charge in [0.2, 0.25) is 0 Å². The van der Waals surface area contributed by atoms with Crippen LogP contribution in [0.25, 0.3) is 22.1 Å². The topological polar surface area (TPSA) is 262 Å². The minimum Gasteiger partial charge on any atom is -0.512 e. The predicted octanol–water partition coefficient (Wildman–Crippen LogP) is 6.99. The monoisotopic (exact) mass is 721 g/mol. The number of nitrogens with zero attached hydrogens (tertiary/aromatic N) is 6. The lowest BCUT2D eigenvalue weighted by atomic mass is 10.2. The van der Waals surface area contributed by atoms with E-state index in [0.29, 0.717) is 61.5 Å². The minimum absolute atomic E-state index is 0.239. The molecule has 0 aliphatic rings. The normalized spacial score (nSPS) is 9.70. The Kier molecular flexibility index (Phi) is 17.0. The van der Waals surface area contributed by atoms with Gasteiger partial charge in [0.05, 0.1) is 80.7 Å². The molecular weight excluding hydrogens is 703 g/mol. The van der Waals surface area contributed by atoms with E-state index in [-0.39, 0.29) is 5.56 Å². The molecule has 0 atom stereocenters. The number of hydrogen-bond acceptors (Lipinski definition) is 13. The standard InChI is InChI=1S/C9H4ClN3.C9H5N3O.C7H7N3.C2H4O3.Cl3OP/c10-9-5-12-8-3-6(4-11)1-2-7(8)13-9;10-4-6-1-2-7-8(3-6)11-5-9(13)12-7;8-4-5-1-2-6(9)7(10)3-5;3-1-2-5-4;1-5(2,3)4/h1-3,5H;1-3,5H,(H,12,13);1-3H,9-10H2;1-4H;/b;;;2-1+;. The van der Waals surface area contributed by atoms with Crippen LogP contribution in [0.5, 0.6) is 0 Å². The van der Waals surface area contributed by atoms with Gasteiger partial charge in [0.15, 0.2) is 6.26 Å². The van der Waals surface area contributed by atoms with Crippen LogP contribution < -0.4 is 17.0 Å². The van der Waals surface area contributed by atoms with Crippen molar-refractivity contribution in [1.29, 1.82) is 15.8 Å². The lowest BCUT2D eigenvalue weighted by molar-refractivity contribution is -0.188. The molecule has 2 heterocycles. The summed E-state index contributed by atoms with van der Waals surface area (Å²) in [5.74, 6) is 0. The maximum Gasteiger partial charge on any atom is 0.339 e. The molecule has 3 aromatic carbocycles. The maximum absolute atomic E-state index is 10.9. The van der Waals surface area contributed by atoms with Crippen molar-refractivity contribution in [2.24, 2.45) is 0 Å². The summed E-state index contributed by atoms with van der Waals surface area (Å²) in [6.45, 7) is 0. The zero-order valence-electron chi connectivity index (χ0n) is 22.9. The van der Waals surface area contributed by atoms with Crippen LogP contribution in [0.15, 0.2) is 84.3 Å². The first-order valence-electron chi connectivity index (χ1n) is 11.8. The van der Waals surface area contributed by atoms with E-state index in [0.717, 1.165) is 6.26 Å². The number of anilines is 2. The first-order chi connectivity index (χ1) is 21.7. The Hall–Kier alpha value is -5.10. The highest BCUT2D eigenvalue weighted by Gasteiger charge is 2.03. The summed E-state index contributed by atoms with van der Waals surface area (Å²) in [6.07, 6.45) is 3.98. The molecule has 46 heavy (non-hydrogen) atoms. The third-order valence-corrected chi connectivity index (χ3v) is 4.87. The van der Waals surface area contributed by atoms with Crippen molar-refractivity contribution >= 4 is 84.0 Å². The van der Waals surface area contributed by atoms with Gasteiger partial charge in [-0.05, 0) is 88.3 Å². The van der Waals surface area contributed by atoms with E-state index >= 15 is 0 Å². The summed E-state index contributed by atoms with van der Waals surface area (Å²) in [4.78, 5) is 28.7. The fraction of sp³-hybridized carbons (Fsp3) is 0. The molecule has 0 spiro atoms. The molecule has 0 aliphatic heterocycles. The van der Waals surface area contributed by atoms with Gasteiger partial charge in [-0.25, -0.2) is 15.2 Å². The molecule has 236 valence electrons. The zero-order valence-corrected chi connectivity index (χ0v) is 26.8. The summed E-state index contributed by atoms with van der Waals surface area (Å²) in [5.41, 5.74) is 15.9. The van der Waals surface area contributed by atoms with Gasteiger partial charge < -0.3 is 26.4 Å². The second-order valence-electron chi connectivity index (χ2n) is 7.84. The quantitative estimate of drug-likeness (QED) is 0.0384. The van der Waals surface area contributed by atoms with Gasteiger partial charge in [0.25, 0.3) is 5.56 Å². The molecule has 0 aliphatic carbocycles. The molecule has 7 N–H and O–H groups in total. The molecule has 2 aromatic heterocycles. The van der Waals surface area contributed by atoms with Gasteiger partial charge in [-0.1, -0.05) is 11.6 Å². The maximum atomic E-state index is 10.9. The molecule has 5 aromatic rings. The molecule has 0 saturated carbocycles. The summed E-state index contributed by atoms with van der Waals surface area (Å²) >= 11 is 19.5. The molecule has 0 amide bonds. The van der Waals surface area contributed by atoms with E-state index in [1.165, 1.54) is 12.4 Å². The van der Waals surface area contributed by atoms with Crippen molar-refractivity contribution in [2.75, 3.05) is 11.5 Å². The van der Waals surface area contributed by atoms with E-state index in [9.17, 15) is 9.36 Å². The lowest BCUT2D eigenvalue weighted by Crippen LogP contribution is -2.04. The van der Waals surface area contributed by atoms with Crippen molar-refractivity contribution < 1.29 is 19.8 Å². The number of hydrogen-bond donors (Lipinski definition) is 5. The second kappa shape index (κ2) is 20.0. The van der Waals surface area contributed by atoms with Gasteiger partial charge >= 0.3 is 5.20 Å². The molecular formula is C27H20Cl4N9O5P. The number of rotatable bonds is 1. The Bertz CT molecular complexity index is 2030. The fourth-order valence-electron chi connectivity index (χ4n) is 2.84. The molecule has 14 nitrogen and oxygen atoms in total. The summed E-state index contributed by atoms with van der Waals surface area (Å²) in [7, 11) is 0. The number of aliphatic hydroxyl groups excluding tert-OH is 1. The zero-order chi connectivity index (χ0) is 34.7. The van der Waals surface area contributed by atoms with Crippen molar-refractivity contribution in [3.05, 3.63) is 112 Å². The second-order valence-corrected chi connectivity index (χ2v) is 14.9. The minimum atomic E-state index is -3.22. The molecule has 0 bridgehead atoms. The van der Waals surface area contributed by atoms with E-state index in [4.69, 9.17) is 49.2 Å². The summed E-state index contributed by atoms with van der Waals surface area (Å²) in [6, 6.07) is 20.8. The van der Waals surface area contributed by atoms with Gasteiger partial charge in [-0.3, -0.25) is 14.3 Å². The average Bonchev–Trinajstić information content (AvgIpc) is 3.02.